The number of nitrogens with one attached hydrogen (secondary N) is 1. The van der Waals surface area contributed by atoms with E-state index in [1.807, 2.05) is 0 Å². The zero-order valence-electron chi connectivity index (χ0n) is 9.98. The number of aromatic amines is 1. The van der Waals surface area contributed by atoms with Crippen molar-refractivity contribution in [1.29, 1.82) is 0 Å². The number of H-pyrrole nitrogens is 1. The summed E-state index contributed by atoms with van der Waals surface area (Å²) in [7, 11) is 0. The summed E-state index contributed by atoms with van der Waals surface area (Å²) in [6, 6.07) is 6.77. The van der Waals surface area contributed by atoms with Gasteiger partial charge in [-0.05, 0) is 29.8 Å². The normalized spacial score (nSPS) is 11.9. The molecule has 104 valence electrons. The lowest BCUT2D eigenvalue weighted by atomic mass is 10.2. The average molecular weight is 282 g/mol. The molecule has 0 fully saturated rings. The first-order chi connectivity index (χ1) is 9.34. The number of phenols is 1. The zero-order valence-corrected chi connectivity index (χ0v) is 9.98. The van der Waals surface area contributed by atoms with E-state index in [4.69, 9.17) is 5.11 Å². The fourth-order valence-corrected chi connectivity index (χ4v) is 1.48. The van der Waals surface area contributed by atoms with Gasteiger partial charge in [-0.1, -0.05) is 18.2 Å². The van der Waals surface area contributed by atoms with Crippen molar-refractivity contribution in [1.82, 2.24) is 9.97 Å². The minimum absolute atomic E-state index is 0.0794. The fourth-order valence-electron chi connectivity index (χ4n) is 1.48. The van der Waals surface area contributed by atoms with E-state index in [9.17, 15) is 18.0 Å². The Morgan fingerprint density at radius 1 is 1.15 bits per heavy atom. The Morgan fingerprint density at radius 3 is 2.40 bits per heavy atom. The summed E-state index contributed by atoms with van der Waals surface area (Å²) >= 11 is 0. The van der Waals surface area contributed by atoms with Crippen LogP contribution in [0.25, 0.3) is 12.2 Å². The number of aromatic nitrogens is 2. The highest BCUT2D eigenvalue weighted by Crippen LogP contribution is 2.27. The first-order valence-corrected chi connectivity index (χ1v) is 5.50. The second-order valence-corrected chi connectivity index (χ2v) is 3.95. The first-order valence-electron chi connectivity index (χ1n) is 5.50. The van der Waals surface area contributed by atoms with E-state index in [-0.39, 0.29) is 11.4 Å². The number of phenolic OH excluding ortho intramolecular Hbond substituents is 1. The molecule has 0 saturated heterocycles. The molecule has 4 nitrogen and oxygen atoms in total. The predicted octanol–water partition coefficient (Wildman–Crippen LogP) is 2.66. The van der Waals surface area contributed by atoms with Crippen LogP contribution in [0.4, 0.5) is 13.2 Å². The Morgan fingerprint density at radius 2 is 1.80 bits per heavy atom. The van der Waals surface area contributed by atoms with E-state index in [0.717, 1.165) is 6.07 Å². The molecule has 0 unspecified atom stereocenters. The van der Waals surface area contributed by atoms with E-state index < -0.39 is 17.6 Å². The molecule has 2 N–H and O–H groups in total. The number of nitrogens with zero attached hydrogens (tertiary/aromatic N) is 1. The molecule has 0 saturated carbocycles. The number of hydrogen-bond donors (Lipinski definition) is 2. The molecular formula is C13H9F3N2O2. The Balaban J connectivity index is 2.32. The van der Waals surface area contributed by atoms with E-state index in [2.05, 4.69) is 4.98 Å². The van der Waals surface area contributed by atoms with Crippen LogP contribution in [0.5, 0.6) is 5.75 Å². The van der Waals surface area contributed by atoms with Gasteiger partial charge in [-0.15, -0.1) is 0 Å². The lowest BCUT2D eigenvalue weighted by Crippen LogP contribution is -2.19. The molecule has 0 aliphatic heterocycles. The van der Waals surface area contributed by atoms with Crippen molar-refractivity contribution in [2.45, 2.75) is 6.18 Å². The fraction of sp³-hybridized carbons (Fsp3) is 0.0769. The van der Waals surface area contributed by atoms with Gasteiger partial charge < -0.3 is 10.1 Å². The highest BCUT2D eigenvalue weighted by Gasteiger charge is 2.32. The smallest absolute Gasteiger partial charge is 0.431 e. The molecule has 0 radical (unpaired) electrons. The quantitative estimate of drug-likeness (QED) is 0.890. The Bertz CT molecular complexity index is 688. The number of halogens is 3. The summed E-state index contributed by atoms with van der Waals surface area (Å²) in [4.78, 5) is 16.1. The van der Waals surface area contributed by atoms with Crippen LogP contribution < -0.4 is 5.69 Å². The van der Waals surface area contributed by atoms with Gasteiger partial charge in [0.25, 0.3) is 0 Å². The molecule has 7 heteroatoms. The van der Waals surface area contributed by atoms with Gasteiger partial charge >= 0.3 is 11.9 Å². The van der Waals surface area contributed by atoms with Gasteiger partial charge in [-0.25, -0.2) is 4.79 Å². The van der Waals surface area contributed by atoms with Crippen LogP contribution in [0.2, 0.25) is 0 Å². The number of rotatable bonds is 2. The summed E-state index contributed by atoms with van der Waals surface area (Å²) in [6.45, 7) is 0. The van der Waals surface area contributed by atoms with Crippen LogP contribution in [-0.4, -0.2) is 15.1 Å². The summed E-state index contributed by atoms with van der Waals surface area (Å²) in [5.74, 6) is 0.0794. The molecule has 2 aromatic rings. The topological polar surface area (TPSA) is 66.0 Å². The number of alkyl halides is 3. The van der Waals surface area contributed by atoms with Crippen molar-refractivity contribution >= 4 is 12.2 Å². The van der Waals surface area contributed by atoms with Gasteiger partial charge in [-0.3, -0.25) is 0 Å². The molecule has 0 amide bonds. The molecule has 1 heterocycles. The van der Waals surface area contributed by atoms with Crippen molar-refractivity contribution in [3.05, 3.63) is 57.8 Å². The van der Waals surface area contributed by atoms with Crippen molar-refractivity contribution in [2.24, 2.45) is 0 Å². The summed E-state index contributed by atoms with van der Waals surface area (Å²) in [6.07, 6.45) is -1.86. The molecule has 0 atom stereocenters. The van der Waals surface area contributed by atoms with Crippen LogP contribution in [0.3, 0.4) is 0 Å². The van der Waals surface area contributed by atoms with E-state index in [1.54, 1.807) is 17.1 Å². The second-order valence-electron chi connectivity index (χ2n) is 3.95. The van der Waals surface area contributed by atoms with Crippen molar-refractivity contribution in [3.63, 3.8) is 0 Å². The SMILES string of the molecule is O=c1nc(/C=C/c2ccc(O)cc2)cc(C(F)(F)F)[nH]1. The maximum absolute atomic E-state index is 12.5. The van der Waals surface area contributed by atoms with Crippen LogP contribution in [-0.2, 0) is 6.18 Å². The Labute approximate surface area is 111 Å². The molecule has 0 spiro atoms. The van der Waals surface area contributed by atoms with E-state index in [1.165, 1.54) is 24.3 Å². The predicted molar refractivity (Wildman–Crippen MR) is 66.9 cm³/mol. The summed E-state index contributed by atoms with van der Waals surface area (Å²) in [5, 5.41) is 9.10. The van der Waals surface area contributed by atoms with Gasteiger partial charge in [0.15, 0.2) is 0 Å². The second kappa shape index (κ2) is 5.20. The third kappa shape index (κ3) is 3.47. The lowest BCUT2D eigenvalue weighted by molar-refractivity contribution is -0.141. The minimum atomic E-state index is -4.64. The van der Waals surface area contributed by atoms with Crippen LogP contribution in [0.15, 0.2) is 35.1 Å². The van der Waals surface area contributed by atoms with Gasteiger partial charge in [-0.2, -0.15) is 18.2 Å². The Hall–Kier alpha value is -2.57. The summed E-state index contributed by atoms with van der Waals surface area (Å²) < 4.78 is 37.5. The van der Waals surface area contributed by atoms with Crippen LogP contribution >= 0.6 is 0 Å². The molecule has 1 aromatic carbocycles. The van der Waals surface area contributed by atoms with Crippen molar-refractivity contribution in [2.75, 3.05) is 0 Å². The molecular weight excluding hydrogens is 273 g/mol. The van der Waals surface area contributed by atoms with Crippen molar-refractivity contribution in [3.8, 4) is 5.75 Å². The number of aromatic hydroxyl groups is 1. The molecule has 0 bridgehead atoms. The summed E-state index contributed by atoms with van der Waals surface area (Å²) in [5.41, 5.74) is -1.67. The largest absolute Gasteiger partial charge is 0.508 e. The van der Waals surface area contributed by atoms with E-state index in [0.29, 0.717) is 5.56 Å². The molecule has 1 aromatic heterocycles. The average Bonchev–Trinajstić information content (AvgIpc) is 2.36. The maximum atomic E-state index is 12.5. The standard InChI is InChI=1S/C13H9F3N2O2/c14-13(15,16)11-7-9(17-12(20)18-11)4-1-8-2-5-10(19)6-3-8/h1-7,19H,(H,17,18,20)/b4-1+. The molecule has 20 heavy (non-hydrogen) atoms. The minimum Gasteiger partial charge on any atom is -0.508 e. The molecule has 0 aliphatic carbocycles. The molecule has 0 aliphatic rings. The highest BCUT2D eigenvalue weighted by atomic mass is 19.4. The third-order valence-corrected chi connectivity index (χ3v) is 2.41. The highest BCUT2D eigenvalue weighted by molar-refractivity contribution is 5.68. The first kappa shape index (κ1) is 13.9. The number of benzene rings is 1. The van der Waals surface area contributed by atoms with Gasteiger partial charge in [0.1, 0.15) is 11.4 Å². The monoisotopic (exact) mass is 282 g/mol. The zero-order chi connectivity index (χ0) is 14.8. The van der Waals surface area contributed by atoms with Gasteiger partial charge in [0.05, 0.1) is 5.69 Å². The maximum Gasteiger partial charge on any atom is 0.431 e. The van der Waals surface area contributed by atoms with E-state index >= 15 is 0 Å². The lowest BCUT2D eigenvalue weighted by Gasteiger charge is -2.05. The van der Waals surface area contributed by atoms with Crippen LogP contribution in [0, 0.1) is 0 Å². The van der Waals surface area contributed by atoms with Crippen LogP contribution in [0.1, 0.15) is 17.0 Å². The third-order valence-electron chi connectivity index (χ3n) is 2.41. The van der Waals surface area contributed by atoms with Gasteiger partial charge in [0, 0.05) is 0 Å². The van der Waals surface area contributed by atoms with Gasteiger partial charge in [0.2, 0.25) is 0 Å². The number of hydrogen-bond acceptors (Lipinski definition) is 3. The Kier molecular flexibility index (Phi) is 3.60. The van der Waals surface area contributed by atoms with Crippen molar-refractivity contribution < 1.29 is 18.3 Å². The molecule has 2 rings (SSSR count).